The van der Waals surface area contributed by atoms with E-state index in [1.54, 1.807) is 31.2 Å². The van der Waals surface area contributed by atoms with Crippen molar-refractivity contribution in [3.63, 3.8) is 0 Å². The van der Waals surface area contributed by atoms with Crippen LogP contribution in [0, 0.1) is 0 Å². The zero-order valence-corrected chi connectivity index (χ0v) is 11.0. The minimum Gasteiger partial charge on any atom is -0.493 e. The Balaban J connectivity index is 3.06. The van der Waals surface area contributed by atoms with E-state index in [1.807, 2.05) is 0 Å². The van der Waals surface area contributed by atoms with Gasteiger partial charge in [0, 0.05) is 16.1 Å². The zero-order chi connectivity index (χ0) is 13.8. The first-order valence-electron chi connectivity index (χ1n) is 5.06. The van der Waals surface area contributed by atoms with Crippen LogP contribution in [0.1, 0.15) is 12.5 Å². The van der Waals surface area contributed by atoms with E-state index in [0.29, 0.717) is 11.6 Å². The van der Waals surface area contributed by atoms with Gasteiger partial charge in [0.25, 0.3) is 5.78 Å². The molecule has 1 aromatic carbocycles. The molecule has 0 N–H and O–H groups in total. The molecule has 0 bridgehead atoms. The van der Waals surface area contributed by atoms with Gasteiger partial charge in [0.1, 0.15) is 5.76 Å². The number of halogens is 4. The number of allylic oxidation sites excluding steroid dienone is 1. The molecule has 0 aliphatic carbocycles. The molecule has 0 saturated carbocycles. The minimum absolute atomic E-state index is 0.0904. The third kappa shape index (κ3) is 4.18. The SMILES string of the molecule is CCO/C(=C\C(=O)C(F)(F)F)c1ccc(Br)cc1. The maximum absolute atomic E-state index is 12.2. The van der Waals surface area contributed by atoms with Crippen LogP contribution < -0.4 is 0 Å². The number of carbonyl (C=O) groups excluding carboxylic acids is 1. The van der Waals surface area contributed by atoms with Gasteiger partial charge < -0.3 is 4.74 Å². The Morgan fingerprint density at radius 1 is 1.33 bits per heavy atom. The van der Waals surface area contributed by atoms with Gasteiger partial charge in [-0.05, 0) is 19.1 Å². The first-order chi connectivity index (χ1) is 8.34. The fourth-order valence-corrected chi connectivity index (χ4v) is 1.44. The van der Waals surface area contributed by atoms with Crippen molar-refractivity contribution >= 4 is 27.5 Å². The smallest absolute Gasteiger partial charge is 0.454 e. The fourth-order valence-electron chi connectivity index (χ4n) is 1.18. The van der Waals surface area contributed by atoms with Gasteiger partial charge >= 0.3 is 6.18 Å². The van der Waals surface area contributed by atoms with Crippen LogP contribution in [0.15, 0.2) is 34.8 Å². The van der Waals surface area contributed by atoms with Crippen molar-refractivity contribution in [3.05, 3.63) is 40.4 Å². The van der Waals surface area contributed by atoms with Gasteiger partial charge in [-0.1, -0.05) is 28.1 Å². The molecule has 0 radical (unpaired) electrons. The van der Waals surface area contributed by atoms with Crippen LogP contribution in [-0.2, 0) is 9.53 Å². The molecule has 0 aliphatic rings. The van der Waals surface area contributed by atoms with Gasteiger partial charge in [-0.2, -0.15) is 13.2 Å². The lowest BCUT2D eigenvalue weighted by Gasteiger charge is -2.09. The third-order valence-corrected chi connectivity index (χ3v) is 2.50. The Labute approximate surface area is 111 Å². The highest BCUT2D eigenvalue weighted by molar-refractivity contribution is 9.10. The van der Waals surface area contributed by atoms with Gasteiger partial charge in [-0.15, -0.1) is 0 Å². The molecule has 0 spiro atoms. The molecule has 0 heterocycles. The van der Waals surface area contributed by atoms with E-state index < -0.39 is 12.0 Å². The molecule has 18 heavy (non-hydrogen) atoms. The molecule has 0 saturated heterocycles. The number of hydrogen-bond donors (Lipinski definition) is 0. The minimum atomic E-state index is -4.89. The van der Waals surface area contributed by atoms with Crippen LogP contribution in [0.25, 0.3) is 5.76 Å². The molecule has 98 valence electrons. The topological polar surface area (TPSA) is 26.3 Å². The summed E-state index contributed by atoms with van der Waals surface area (Å²) >= 11 is 3.21. The summed E-state index contributed by atoms with van der Waals surface area (Å²) < 4.78 is 42.4. The van der Waals surface area contributed by atoms with E-state index in [4.69, 9.17) is 4.74 Å². The molecule has 1 rings (SSSR count). The van der Waals surface area contributed by atoms with Crippen molar-refractivity contribution in [2.24, 2.45) is 0 Å². The Bertz CT molecular complexity index is 449. The van der Waals surface area contributed by atoms with E-state index in [2.05, 4.69) is 15.9 Å². The Kier molecular flexibility index (Phi) is 4.95. The van der Waals surface area contributed by atoms with Crippen LogP contribution in [0.2, 0.25) is 0 Å². The number of ketones is 1. The van der Waals surface area contributed by atoms with Crippen LogP contribution in [0.5, 0.6) is 0 Å². The number of alkyl halides is 3. The number of rotatable bonds is 4. The standard InChI is InChI=1S/C12H10BrF3O2/c1-2-18-10(7-11(17)12(14,15)16)8-3-5-9(13)6-4-8/h3-7H,2H2,1H3/b10-7-. The van der Waals surface area contributed by atoms with Crippen molar-refractivity contribution in [3.8, 4) is 0 Å². The highest BCUT2D eigenvalue weighted by atomic mass is 79.9. The zero-order valence-electron chi connectivity index (χ0n) is 9.42. The maximum atomic E-state index is 12.2. The first-order valence-corrected chi connectivity index (χ1v) is 5.85. The Hall–Kier alpha value is -1.30. The van der Waals surface area contributed by atoms with E-state index in [9.17, 15) is 18.0 Å². The first kappa shape index (κ1) is 14.8. The molecule has 0 atom stereocenters. The number of hydrogen-bond acceptors (Lipinski definition) is 2. The van der Waals surface area contributed by atoms with Crippen molar-refractivity contribution < 1.29 is 22.7 Å². The molecule has 0 aliphatic heterocycles. The predicted octanol–water partition coefficient (Wildman–Crippen LogP) is 3.96. The molecule has 6 heteroatoms. The molecule has 0 unspecified atom stereocenters. The lowest BCUT2D eigenvalue weighted by atomic mass is 10.1. The normalized spacial score (nSPS) is 12.4. The summed E-state index contributed by atoms with van der Waals surface area (Å²) in [6.45, 7) is 1.80. The quantitative estimate of drug-likeness (QED) is 0.619. The fraction of sp³-hybridized carbons (Fsp3) is 0.250. The van der Waals surface area contributed by atoms with Gasteiger partial charge in [-0.3, -0.25) is 4.79 Å². The average molecular weight is 323 g/mol. The molecular weight excluding hydrogens is 313 g/mol. The van der Waals surface area contributed by atoms with Gasteiger partial charge in [0.2, 0.25) is 0 Å². The second-order valence-corrected chi connectivity index (χ2v) is 4.23. The highest BCUT2D eigenvalue weighted by Gasteiger charge is 2.37. The van der Waals surface area contributed by atoms with E-state index >= 15 is 0 Å². The second-order valence-electron chi connectivity index (χ2n) is 3.31. The number of ether oxygens (including phenoxy) is 1. The summed E-state index contributed by atoms with van der Waals surface area (Å²) in [6, 6.07) is 6.44. The number of carbonyl (C=O) groups is 1. The molecule has 1 aromatic rings. The largest absolute Gasteiger partial charge is 0.493 e. The van der Waals surface area contributed by atoms with Crippen molar-refractivity contribution in [2.75, 3.05) is 6.61 Å². The summed E-state index contributed by atoms with van der Waals surface area (Å²) in [7, 11) is 0. The molecule has 2 nitrogen and oxygen atoms in total. The van der Waals surface area contributed by atoms with Gasteiger partial charge in [-0.25, -0.2) is 0 Å². The summed E-state index contributed by atoms with van der Waals surface area (Å²) in [5.74, 6) is -2.03. The summed E-state index contributed by atoms with van der Waals surface area (Å²) in [6.07, 6.45) is -4.43. The van der Waals surface area contributed by atoms with Crippen LogP contribution in [0.3, 0.4) is 0 Å². The van der Waals surface area contributed by atoms with Crippen LogP contribution in [-0.4, -0.2) is 18.6 Å². The van der Waals surface area contributed by atoms with Crippen molar-refractivity contribution in [2.45, 2.75) is 13.1 Å². The van der Waals surface area contributed by atoms with Crippen LogP contribution in [0.4, 0.5) is 13.2 Å². The summed E-state index contributed by atoms with van der Waals surface area (Å²) in [5.41, 5.74) is 0.414. The highest BCUT2D eigenvalue weighted by Crippen LogP contribution is 2.23. The van der Waals surface area contributed by atoms with Crippen molar-refractivity contribution in [1.29, 1.82) is 0 Å². The van der Waals surface area contributed by atoms with Crippen molar-refractivity contribution in [1.82, 2.24) is 0 Å². The molecular formula is C12H10BrF3O2. The number of benzene rings is 1. The van der Waals surface area contributed by atoms with Gasteiger partial charge in [0.15, 0.2) is 0 Å². The second kappa shape index (κ2) is 6.04. The Morgan fingerprint density at radius 2 is 1.89 bits per heavy atom. The maximum Gasteiger partial charge on any atom is 0.454 e. The third-order valence-electron chi connectivity index (χ3n) is 1.97. The lowest BCUT2D eigenvalue weighted by Crippen LogP contribution is -2.20. The summed E-state index contributed by atoms with van der Waals surface area (Å²) in [5, 5.41) is 0. The Morgan fingerprint density at radius 3 is 2.33 bits per heavy atom. The molecule has 0 aromatic heterocycles. The van der Waals surface area contributed by atoms with Gasteiger partial charge in [0.05, 0.1) is 6.61 Å². The van der Waals surface area contributed by atoms with E-state index in [-0.39, 0.29) is 12.4 Å². The average Bonchev–Trinajstić information content (AvgIpc) is 2.28. The lowest BCUT2D eigenvalue weighted by molar-refractivity contribution is -0.165. The van der Waals surface area contributed by atoms with E-state index in [0.717, 1.165) is 4.47 Å². The summed E-state index contributed by atoms with van der Waals surface area (Å²) in [4.78, 5) is 10.9. The van der Waals surface area contributed by atoms with E-state index in [1.165, 1.54) is 0 Å². The predicted molar refractivity (Wildman–Crippen MR) is 64.8 cm³/mol. The monoisotopic (exact) mass is 322 g/mol. The molecule has 0 amide bonds. The van der Waals surface area contributed by atoms with Crippen LogP contribution >= 0.6 is 15.9 Å². The molecule has 0 fully saturated rings.